The van der Waals surface area contributed by atoms with E-state index in [-0.39, 0.29) is 5.78 Å². The molecule has 1 aromatic carbocycles. The van der Waals surface area contributed by atoms with Gasteiger partial charge in [-0.2, -0.15) is 0 Å². The summed E-state index contributed by atoms with van der Waals surface area (Å²) in [4.78, 5) is 15.8. The van der Waals surface area contributed by atoms with E-state index < -0.39 is 0 Å². The van der Waals surface area contributed by atoms with Crippen LogP contribution in [0.1, 0.15) is 11.1 Å². The maximum absolute atomic E-state index is 11.9. The summed E-state index contributed by atoms with van der Waals surface area (Å²) in [6.07, 6.45) is 2.38. The molecule has 2 N–H and O–H groups in total. The summed E-state index contributed by atoms with van der Waals surface area (Å²) < 4.78 is 0. The van der Waals surface area contributed by atoms with Gasteiger partial charge in [0.05, 0.1) is 0 Å². The van der Waals surface area contributed by atoms with E-state index >= 15 is 0 Å². The van der Waals surface area contributed by atoms with Crippen LogP contribution in [0.3, 0.4) is 0 Å². The monoisotopic (exact) mass is 260 g/mol. The molecule has 1 heterocycles. The summed E-state index contributed by atoms with van der Waals surface area (Å²) in [6.45, 7) is 0. The molecule has 2 aromatic rings. The highest BCUT2D eigenvalue weighted by Gasteiger charge is 2.05. The number of rotatable bonds is 4. The lowest BCUT2D eigenvalue weighted by atomic mass is 10.0. The molecule has 0 spiro atoms. The summed E-state index contributed by atoms with van der Waals surface area (Å²) in [7, 11) is 0. The van der Waals surface area contributed by atoms with E-state index in [1.165, 1.54) is 0 Å². The number of anilines is 1. The van der Waals surface area contributed by atoms with Crippen molar-refractivity contribution < 1.29 is 4.79 Å². The number of Topliss-reactive ketones (excluding diaryl/α,β-unsaturated/α-hetero) is 1. The normalized spacial score (nSPS) is 10.3. The van der Waals surface area contributed by atoms with Crippen LogP contribution in [0.15, 0.2) is 42.6 Å². The Bertz CT molecular complexity index is 552. The fraction of sp³-hybridized carbons (Fsp3) is 0.143. The summed E-state index contributed by atoms with van der Waals surface area (Å²) in [6, 6.07) is 10.8. The minimum absolute atomic E-state index is 0.142. The highest BCUT2D eigenvalue weighted by molar-refractivity contribution is 6.30. The predicted octanol–water partition coefficient (Wildman–Crippen LogP) is 2.67. The molecule has 0 fully saturated rings. The lowest BCUT2D eigenvalue weighted by Gasteiger charge is -2.03. The molecular weight excluding hydrogens is 248 g/mol. The van der Waals surface area contributed by atoms with Crippen LogP contribution < -0.4 is 5.73 Å². The number of nitrogens with two attached hydrogens (primary N) is 1. The Balaban J connectivity index is 1.98. The molecule has 0 amide bonds. The third kappa shape index (κ3) is 3.57. The smallest absolute Gasteiger partial charge is 0.141 e. The maximum Gasteiger partial charge on any atom is 0.141 e. The summed E-state index contributed by atoms with van der Waals surface area (Å²) >= 11 is 5.79. The first-order chi connectivity index (χ1) is 8.63. The summed E-state index contributed by atoms with van der Waals surface area (Å²) in [5.41, 5.74) is 7.42. The standard InChI is InChI=1S/C14H13ClN2O/c15-12-3-1-10(2-4-12)7-13(18)8-11-5-6-17-14(16)9-11/h1-6,9H,7-8H2,(H2,16,17). The largest absolute Gasteiger partial charge is 0.384 e. The fourth-order valence-electron chi connectivity index (χ4n) is 1.72. The van der Waals surface area contributed by atoms with E-state index in [1.54, 1.807) is 30.5 Å². The van der Waals surface area contributed by atoms with Crippen molar-refractivity contribution in [2.45, 2.75) is 12.8 Å². The van der Waals surface area contributed by atoms with Crippen molar-refractivity contribution in [1.29, 1.82) is 0 Å². The maximum atomic E-state index is 11.9. The van der Waals surface area contributed by atoms with Crippen molar-refractivity contribution in [2.24, 2.45) is 0 Å². The average Bonchev–Trinajstić information content (AvgIpc) is 2.32. The quantitative estimate of drug-likeness (QED) is 0.920. The van der Waals surface area contributed by atoms with E-state index in [9.17, 15) is 4.79 Å². The van der Waals surface area contributed by atoms with Crippen LogP contribution in [0.5, 0.6) is 0 Å². The number of carbonyl (C=O) groups is 1. The van der Waals surface area contributed by atoms with Gasteiger partial charge in [0, 0.05) is 24.1 Å². The number of halogens is 1. The zero-order valence-electron chi connectivity index (χ0n) is 9.77. The van der Waals surface area contributed by atoms with Gasteiger partial charge in [-0.25, -0.2) is 4.98 Å². The molecule has 0 bridgehead atoms. The third-order valence-corrected chi connectivity index (χ3v) is 2.81. The molecule has 92 valence electrons. The van der Waals surface area contributed by atoms with Crippen molar-refractivity contribution in [3.05, 3.63) is 58.7 Å². The second-order valence-corrected chi connectivity index (χ2v) is 4.54. The van der Waals surface area contributed by atoms with E-state index in [4.69, 9.17) is 17.3 Å². The SMILES string of the molecule is Nc1cc(CC(=O)Cc2ccc(Cl)cc2)ccn1. The van der Waals surface area contributed by atoms with Crippen LogP contribution in [-0.2, 0) is 17.6 Å². The van der Waals surface area contributed by atoms with Gasteiger partial charge >= 0.3 is 0 Å². The number of benzene rings is 1. The molecule has 0 aliphatic heterocycles. The van der Waals surface area contributed by atoms with Gasteiger partial charge in [0.15, 0.2) is 0 Å². The molecule has 2 rings (SSSR count). The van der Waals surface area contributed by atoms with Crippen molar-refractivity contribution in [2.75, 3.05) is 5.73 Å². The molecule has 1 aromatic heterocycles. The Morgan fingerprint density at radius 2 is 1.78 bits per heavy atom. The molecular formula is C14H13ClN2O. The molecule has 4 heteroatoms. The van der Waals surface area contributed by atoms with Crippen LogP contribution in [0.2, 0.25) is 5.02 Å². The van der Waals surface area contributed by atoms with Gasteiger partial charge in [0.2, 0.25) is 0 Å². The van der Waals surface area contributed by atoms with Crippen LogP contribution in [0.4, 0.5) is 5.82 Å². The number of nitrogens with zero attached hydrogens (tertiary/aromatic N) is 1. The van der Waals surface area contributed by atoms with E-state index in [0.29, 0.717) is 23.7 Å². The van der Waals surface area contributed by atoms with Crippen molar-refractivity contribution in [1.82, 2.24) is 4.98 Å². The van der Waals surface area contributed by atoms with Crippen LogP contribution >= 0.6 is 11.6 Å². The van der Waals surface area contributed by atoms with Crippen LogP contribution in [-0.4, -0.2) is 10.8 Å². The number of aromatic nitrogens is 1. The van der Waals surface area contributed by atoms with E-state index in [0.717, 1.165) is 11.1 Å². The van der Waals surface area contributed by atoms with Gasteiger partial charge in [-0.1, -0.05) is 23.7 Å². The molecule has 0 atom stereocenters. The fourth-order valence-corrected chi connectivity index (χ4v) is 1.85. The second kappa shape index (κ2) is 5.65. The number of pyridine rings is 1. The Hall–Kier alpha value is -1.87. The molecule has 0 radical (unpaired) electrons. The molecule has 0 aliphatic carbocycles. The minimum atomic E-state index is 0.142. The van der Waals surface area contributed by atoms with Crippen molar-refractivity contribution >= 4 is 23.2 Å². The van der Waals surface area contributed by atoms with Crippen LogP contribution in [0.25, 0.3) is 0 Å². The van der Waals surface area contributed by atoms with Crippen molar-refractivity contribution in [3.63, 3.8) is 0 Å². The first-order valence-corrected chi connectivity index (χ1v) is 5.98. The van der Waals surface area contributed by atoms with E-state index in [1.807, 2.05) is 12.1 Å². The molecule has 0 saturated carbocycles. The molecule has 0 unspecified atom stereocenters. The highest BCUT2D eigenvalue weighted by Crippen LogP contribution is 2.11. The number of carbonyl (C=O) groups excluding carboxylic acids is 1. The minimum Gasteiger partial charge on any atom is -0.384 e. The number of ketones is 1. The topological polar surface area (TPSA) is 56.0 Å². The van der Waals surface area contributed by atoms with Crippen LogP contribution in [0, 0.1) is 0 Å². The van der Waals surface area contributed by atoms with Gasteiger partial charge in [0.1, 0.15) is 11.6 Å². The number of hydrogen-bond acceptors (Lipinski definition) is 3. The number of nitrogen functional groups attached to an aromatic ring is 1. The first-order valence-electron chi connectivity index (χ1n) is 5.60. The van der Waals surface area contributed by atoms with Gasteiger partial charge in [-0.05, 0) is 35.4 Å². The number of hydrogen-bond donors (Lipinski definition) is 1. The predicted molar refractivity (Wildman–Crippen MR) is 72.5 cm³/mol. The Labute approximate surface area is 111 Å². The Morgan fingerprint density at radius 3 is 2.44 bits per heavy atom. The summed E-state index contributed by atoms with van der Waals surface area (Å²) in [5, 5.41) is 0.674. The highest BCUT2D eigenvalue weighted by atomic mass is 35.5. The third-order valence-electron chi connectivity index (χ3n) is 2.56. The zero-order valence-corrected chi connectivity index (χ0v) is 10.5. The molecule has 0 aliphatic rings. The van der Waals surface area contributed by atoms with E-state index in [2.05, 4.69) is 4.98 Å². The molecule has 0 saturated heterocycles. The zero-order chi connectivity index (χ0) is 13.0. The van der Waals surface area contributed by atoms with Gasteiger partial charge < -0.3 is 5.73 Å². The average molecular weight is 261 g/mol. The lowest BCUT2D eigenvalue weighted by Crippen LogP contribution is -2.07. The molecule has 3 nitrogen and oxygen atoms in total. The molecule has 18 heavy (non-hydrogen) atoms. The van der Waals surface area contributed by atoms with Gasteiger partial charge in [-0.3, -0.25) is 4.79 Å². The lowest BCUT2D eigenvalue weighted by molar-refractivity contribution is -0.117. The summed E-state index contributed by atoms with van der Waals surface area (Å²) in [5.74, 6) is 0.578. The van der Waals surface area contributed by atoms with Gasteiger partial charge in [0.25, 0.3) is 0 Å². The Kier molecular flexibility index (Phi) is 3.95. The second-order valence-electron chi connectivity index (χ2n) is 4.11. The van der Waals surface area contributed by atoms with Crippen molar-refractivity contribution in [3.8, 4) is 0 Å². The Morgan fingerprint density at radius 1 is 1.11 bits per heavy atom. The van der Waals surface area contributed by atoms with Gasteiger partial charge in [-0.15, -0.1) is 0 Å². The first kappa shape index (κ1) is 12.6.